The number of halogens is 3. The summed E-state index contributed by atoms with van der Waals surface area (Å²) in [4.78, 5) is 12.4. The van der Waals surface area contributed by atoms with Gasteiger partial charge in [0.25, 0.3) is 0 Å². The van der Waals surface area contributed by atoms with Gasteiger partial charge in [0.1, 0.15) is 5.75 Å². The summed E-state index contributed by atoms with van der Waals surface area (Å²) in [7, 11) is 0. The molecule has 0 bridgehead atoms. The van der Waals surface area contributed by atoms with Gasteiger partial charge in [0.2, 0.25) is 5.91 Å². The Balaban J connectivity index is 1.66. The number of ether oxygens (including phenoxy) is 1. The van der Waals surface area contributed by atoms with E-state index in [1.54, 1.807) is 0 Å². The molecule has 2 aromatic carbocycles. The lowest BCUT2D eigenvalue weighted by Gasteiger charge is -2.10. The van der Waals surface area contributed by atoms with Crippen LogP contribution in [0.2, 0.25) is 15.1 Å². The van der Waals surface area contributed by atoms with Crippen LogP contribution >= 0.6 is 46.6 Å². The SMILES string of the molecule is CCn1c(SCC(=O)Nc2cc(Cl)c(Cl)cc2Cl)nnc1-c1ccc(OCC(C)C)cc1. The fraction of sp³-hybridized carbons (Fsp3) is 0.318. The standard InChI is InChI=1S/C22H23Cl3N4O2S/c1-4-29-21(14-5-7-15(8-6-14)31-11-13(2)3)27-28-22(29)32-12-20(30)26-19-10-17(24)16(23)9-18(19)25/h5-10,13H,4,11-12H2,1-3H3,(H,26,30). The number of thioether (sulfide) groups is 1. The van der Waals surface area contributed by atoms with Gasteiger partial charge in [0.05, 0.1) is 33.1 Å². The molecule has 170 valence electrons. The van der Waals surface area contributed by atoms with Gasteiger partial charge in [-0.25, -0.2) is 0 Å². The summed E-state index contributed by atoms with van der Waals surface area (Å²) in [5.41, 5.74) is 1.33. The third kappa shape index (κ3) is 6.32. The first-order chi connectivity index (χ1) is 15.3. The molecular formula is C22H23Cl3N4O2S. The molecule has 0 radical (unpaired) electrons. The molecule has 0 saturated heterocycles. The Hall–Kier alpha value is -1.93. The Morgan fingerprint density at radius 3 is 2.44 bits per heavy atom. The summed E-state index contributed by atoms with van der Waals surface area (Å²) < 4.78 is 7.71. The van der Waals surface area contributed by atoms with E-state index in [0.29, 0.717) is 45.0 Å². The van der Waals surface area contributed by atoms with Crippen LogP contribution in [0.3, 0.4) is 0 Å². The minimum Gasteiger partial charge on any atom is -0.493 e. The van der Waals surface area contributed by atoms with Gasteiger partial charge in [-0.3, -0.25) is 4.79 Å². The second-order valence-corrected chi connectivity index (χ2v) is 9.53. The molecule has 1 N–H and O–H groups in total. The number of amides is 1. The van der Waals surface area contributed by atoms with Crippen LogP contribution in [0.4, 0.5) is 5.69 Å². The molecule has 0 unspecified atom stereocenters. The van der Waals surface area contributed by atoms with Gasteiger partial charge in [0.15, 0.2) is 11.0 Å². The van der Waals surface area contributed by atoms with E-state index in [4.69, 9.17) is 39.5 Å². The summed E-state index contributed by atoms with van der Waals surface area (Å²) in [5, 5.41) is 12.9. The first kappa shape index (κ1) is 24.7. The zero-order chi connectivity index (χ0) is 23.3. The maximum Gasteiger partial charge on any atom is 0.234 e. The minimum atomic E-state index is -0.242. The second-order valence-electron chi connectivity index (χ2n) is 7.36. The van der Waals surface area contributed by atoms with Crippen LogP contribution in [0.5, 0.6) is 5.75 Å². The number of benzene rings is 2. The average molecular weight is 514 g/mol. The normalized spacial score (nSPS) is 11.1. The third-order valence-corrected chi connectivity index (χ3v) is 6.35. The van der Waals surface area contributed by atoms with E-state index in [-0.39, 0.29) is 11.7 Å². The summed E-state index contributed by atoms with van der Waals surface area (Å²) in [6, 6.07) is 10.8. The van der Waals surface area contributed by atoms with Gasteiger partial charge < -0.3 is 14.6 Å². The van der Waals surface area contributed by atoms with E-state index in [0.717, 1.165) is 17.1 Å². The Bertz CT molecular complexity index is 1090. The molecular weight excluding hydrogens is 491 g/mol. The highest BCUT2D eigenvalue weighted by molar-refractivity contribution is 7.99. The summed E-state index contributed by atoms with van der Waals surface area (Å²) in [6.45, 7) is 7.55. The van der Waals surface area contributed by atoms with Crippen LogP contribution < -0.4 is 10.1 Å². The quantitative estimate of drug-likeness (QED) is 0.255. The van der Waals surface area contributed by atoms with E-state index in [9.17, 15) is 4.79 Å². The highest BCUT2D eigenvalue weighted by atomic mass is 35.5. The molecule has 0 aliphatic rings. The van der Waals surface area contributed by atoms with E-state index >= 15 is 0 Å². The van der Waals surface area contributed by atoms with E-state index in [1.165, 1.54) is 23.9 Å². The summed E-state index contributed by atoms with van der Waals surface area (Å²) in [6.07, 6.45) is 0. The zero-order valence-corrected chi connectivity index (χ0v) is 20.9. The molecule has 1 amide bonds. The monoisotopic (exact) mass is 512 g/mol. The molecule has 1 heterocycles. The fourth-order valence-corrected chi connectivity index (χ4v) is 4.19. The van der Waals surface area contributed by atoms with Crippen LogP contribution in [0.15, 0.2) is 41.6 Å². The molecule has 0 saturated carbocycles. The van der Waals surface area contributed by atoms with Crippen molar-refractivity contribution in [3.05, 3.63) is 51.5 Å². The molecule has 10 heteroatoms. The summed E-state index contributed by atoms with van der Waals surface area (Å²) >= 11 is 19.4. The maximum absolute atomic E-state index is 12.4. The smallest absolute Gasteiger partial charge is 0.234 e. The Morgan fingerprint density at radius 1 is 1.09 bits per heavy atom. The highest BCUT2D eigenvalue weighted by Gasteiger charge is 2.16. The van der Waals surface area contributed by atoms with Crippen LogP contribution in [-0.2, 0) is 11.3 Å². The molecule has 32 heavy (non-hydrogen) atoms. The molecule has 3 rings (SSSR count). The summed E-state index contributed by atoms with van der Waals surface area (Å²) in [5.74, 6) is 1.91. The largest absolute Gasteiger partial charge is 0.493 e. The van der Waals surface area contributed by atoms with Crippen molar-refractivity contribution in [1.29, 1.82) is 0 Å². The molecule has 6 nitrogen and oxygen atoms in total. The number of hydrogen-bond acceptors (Lipinski definition) is 5. The van der Waals surface area contributed by atoms with Crippen molar-refractivity contribution in [2.24, 2.45) is 5.92 Å². The Labute approximate surface area is 206 Å². The number of carbonyl (C=O) groups excluding carboxylic acids is 1. The number of carbonyl (C=O) groups is 1. The van der Waals surface area contributed by atoms with Crippen molar-refractivity contribution in [2.75, 3.05) is 17.7 Å². The first-order valence-corrected chi connectivity index (χ1v) is 12.1. The number of hydrogen-bond donors (Lipinski definition) is 1. The molecule has 0 aliphatic carbocycles. The topological polar surface area (TPSA) is 69.0 Å². The number of nitrogens with zero attached hydrogens (tertiary/aromatic N) is 3. The van der Waals surface area contributed by atoms with Crippen molar-refractivity contribution in [1.82, 2.24) is 14.8 Å². The molecule has 0 spiro atoms. The lowest BCUT2D eigenvalue weighted by molar-refractivity contribution is -0.113. The molecule has 1 aromatic heterocycles. The minimum absolute atomic E-state index is 0.136. The average Bonchev–Trinajstić information content (AvgIpc) is 3.18. The highest BCUT2D eigenvalue weighted by Crippen LogP contribution is 2.32. The Morgan fingerprint density at radius 2 is 1.78 bits per heavy atom. The van der Waals surface area contributed by atoms with Gasteiger partial charge in [-0.2, -0.15) is 0 Å². The first-order valence-electron chi connectivity index (χ1n) is 10.0. The van der Waals surface area contributed by atoms with Crippen LogP contribution in [-0.4, -0.2) is 33.0 Å². The van der Waals surface area contributed by atoms with Crippen molar-refractivity contribution in [3.63, 3.8) is 0 Å². The van der Waals surface area contributed by atoms with E-state index < -0.39 is 0 Å². The number of nitrogens with one attached hydrogen (secondary N) is 1. The number of rotatable bonds is 9. The molecule has 0 aliphatic heterocycles. The zero-order valence-electron chi connectivity index (χ0n) is 17.9. The van der Waals surface area contributed by atoms with Gasteiger partial charge in [-0.05, 0) is 49.2 Å². The van der Waals surface area contributed by atoms with Crippen LogP contribution in [0.1, 0.15) is 20.8 Å². The van der Waals surface area contributed by atoms with Gasteiger partial charge in [-0.1, -0.05) is 60.4 Å². The van der Waals surface area contributed by atoms with Crippen molar-refractivity contribution >= 4 is 58.2 Å². The van der Waals surface area contributed by atoms with Crippen molar-refractivity contribution in [3.8, 4) is 17.1 Å². The number of anilines is 1. The van der Waals surface area contributed by atoms with Gasteiger partial charge in [0, 0.05) is 12.1 Å². The maximum atomic E-state index is 12.4. The number of aromatic nitrogens is 3. The second kappa shape index (κ2) is 11.3. The lowest BCUT2D eigenvalue weighted by Crippen LogP contribution is -2.15. The van der Waals surface area contributed by atoms with E-state index in [2.05, 4.69) is 29.4 Å². The lowest BCUT2D eigenvalue weighted by atomic mass is 10.2. The van der Waals surface area contributed by atoms with Crippen molar-refractivity contribution in [2.45, 2.75) is 32.5 Å². The van der Waals surface area contributed by atoms with Gasteiger partial charge >= 0.3 is 0 Å². The predicted molar refractivity (Wildman–Crippen MR) is 132 cm³/mol. The predicted octanol–water partition coefficient (Wildman–Crippen LogP) is 6.69. The fourth-order valence-electron chi connectivity index (χ4n) is 2.79. The molecule has 0 atom stereocenters. The van der Waals surface area contributed by atoms with Crippen molar-refractivity contribution < 1.29 is 9.53 Å². The molecule has 3 aromatic rings. The van der Waals surface area contributed by atoms with Gasteiger partial charge in [-0.15, -0.1) is 10.2 Å². The Kier molecular flexibility index (Phi) is 8.71. The molecule has 0 fully saturated rings. The third-order valence-electron chi connectivity index (χ3n) is 4.35. The van der Waals surface area contributed by atoms with Crippen LogP contribution in [0, 0.1) is 5.92 Å². The van der Waals surface area contributed by atoms with Crippen LogP contribution in [0.25, 0.3) is 11.4 Å². The van der Waals surface area contributed by atoms with E-state index in [1.807, 2.05) is 35.8 Å².